The minimum Gasteiger partial charge on any atom is -0.493 e. The van der Waals surface area contributed by atoms with Gasteiger partial charge in [0.05, 0.1) is 18.6 Å². The molecule has 35 heavy (non-hydrogen) atoms. The van der Waals surface area contributed by atoms with Gasteiger partial charge in [0.25, 0.3) is 5.91 Å². The third-order valence-corrected chi connectivity index (χ3v) is 6.85. The van der Waals surface area contributed by atoms with Crippen LogP contribution in [0.25, 0.3) is 6.08 Å². The fourth-order valence-corrected chi connectivity index (χ4v) is 4.97. The lowest BCUT2D eigenvalue weighted by Crippen LogP contribution is -2.27. The van der Waals surface area contributed by atoms with Gasteiger partial charge in [0.15, 0.2) is 11.5 Å². The Labute approximate surface area is 215 Å². The maximum atomic E-state index is 13.0. The number of methoxy groups -OCH3 is 1. The Hall–Kier alpha value is -3.29. The lowest BCUT2D eigenvalue weighted by molar-refractivity contribution is -0.122. The third-order valence-electron chi connectivity index (χ3n) is 5.47. The molecule has 0 radical (unpaired) electrons. The van der Waals surface area contributed by atoms with Crippen molar-refractivity contribution in [1.82, 2.24) is 4.90 Å². The molecule has 1 aliphatic heterocycles. The fraction of sp³-hybridized carbons (Fsp3) is 0.214. The summed E-state index contributed by atoms with van der Waals surface area (Å²) in [5, 5.41) is 0. The fourth-order valence-electron chi connectivity index (χ4n) is 3.71. The number of carbonyl (C=O) groups excluding carboxylic acids is 1. The van der Waals surface area contributed by atoms with E-state index in [1.807, 2.05) is 73.7 Å². The summed E-state index contributed by atoms with van der Waals surface area (Å²) in [7, 11) is 1.59. The molecule has 4 rings (SSSR count). The summed E-state index contributed by atoms with van der Waals surface area (Å²) >= 11 is 6.77. The molecule has 1 saturated heterocycles. The number of aryl methyl sites for hydroxylation is 2. The summed E-state index contributed by atoms with van der Waals surface area (Å²) in [6.07, 6.45) is 1.83. The zero-order valence-electron chi connectivity index (χ0n) is 19.9. The van der Waals surface area contributed by atoms with Crippen molar-refractivity contribution >= 4 is 40.3 Å². The van der Waals surface area contributed by atoms with E-state index in [4.69, 9.17) is 26.4 Å². The van der Waals surface area contributed by atoms with Crippen molar-refractivity contribution in [2.45, 2.75) is 20.4 Å². The minimum absolute atomic E-state index is 0.0910. The Balaban J connectivity index is 1.38. The number of benzene rings is 3. The lowest BCUT2D eigenvalue weighted by atomic mass is 10.1. The van der Waals surface area contributed by atoms with E-state index < -0.39 is 0 Å². The normalized spacial score (nSPS) is 14.5. The molecule has 0 bridgehead atoms. The maximum Gasteiger partial charge on any atom is 0.266 e. The van der Waals surface area contributed by atoms with E-state index in [9.17, 15) is 4.79 Å². The zero-order valence-corrected chi connectivity index (χ0v) is 21.6. The molecule has 1 amide bonds. The van der Waals surface area contributed by atoms with Crippen LogP contribution in [0.15, 0.2) is 71.6 Å². The molecule has 0 aliphatic carbocycles. The molecule has 0 spiro atoms. The highest BCUT2D eigenvalue weighted by Gasteiger charge is 2.32. The van der Waals surface area contributed by atoms with Crippen LogP contribution in [0.2, 0.25) is 0 Å². The van der Waals surface area contributed by atoms with Crippen LogP contribution >= 0.6 is 24.0 Å². The Morgan fingerprint density at radius 1 is 0.914 bits per heavy atom. The highest BCUT2D eigenvalue weighted by molar-refractivity contribution is 8.26. The van der Waals surface area contributed by atoms with Gasteiger partial charge >= 0.3 is 0 Å². The molecular formula is C28H27NO4S2. The molecule has 3 aromatic rings. The molecule has 5 nitrogen and oxygen atoms in total. The van der Waals surface area contributed by atoms with E-state index in [0.717, 1.165) is 22.4 Å². The minimum atomic E-state index is -0.0910. The van der Waals surface area contributed by atoms with E-state index in [1.165, 1.54) is 17.3 Å². The van der Waals surface area contributed by atoms with Crippen LogP contribution in [0.4, 0.5) is 0 Å². The number of amides is 1. The van der Waals surface area contributed by atoms with Gasteiger partial charge in [0, 0.05) is 0 Å². The summed E-state index contributed by atoms with van der Waals surface area (Å²) < 4.78 is 17.8. The van der Waals surface area contributed by atoms with Crippen LogP contribution in [0, 0.1) is 13.8 Å². The Morgan fingerprint density at radius 3 is 2.34 bits per heavy atom. The van der Waals surface area contributed by atoms with Gasteiger partial charge in [-0.25, -0.2) is 0 Å². The number of rotatable bonds is 9. The first kappa shape index (κ1) is 24.8. The molecule has 0 unspecified atom stereocenters. The second-order valence-electron chi connectivity index (χ2n) is 8.13. The SMILES string of the molecule is COc1cc(/C=C2\SC(=S)N(Cc3ccccc3)C2=O)ccc1OCCOc1ccc(C)cc1C. The van der Waals surface area contributed by atoms with Crippen LogP contribution < -0.4 is 14.2 Å². The van der Waals surface area contributed by atoms with Gasteiger partial charge in [0.2, 0.25) is 0 Å². The third kappa shape index (κ3) is 6.24. The van der Waals surface area contributed by atoms with Crippen LogP contribution in [-0.2, 0) is 11.3 Å². The summed E-state index contributed by atoms with van der Waals surface area (Å²) in [4.78, 5) is 15.2. The Bertz CT molecular complexity index is 1260. The Morgan fingerprint density at radius 2 is 1.63 bits per heavy atom. The van der Waals surface area contributed by atoms with Gasteiger partial charge in [-0.15, -0.1) is 0 Å². The van der Waals surface area contributed by atoms with E-state index in [1.54, 1.807) is 12.0 Å². The average molecular weight is 506 g/mol. The smallest absolute Gasteiger partial charge is 0.266 e. The molecule has 1 fully saturated rings. The van der Waals surface area contributed by atoms with Crippen molar-refractivity contribution in [3.05, 3.63) is 93.9 Å². The number of hydrogen-bond acceptors (Lipinski definition) is 6. The molecule has 0 saturated carbocycles. The summed E-state index contributed by atoms with van der Waals surface area (Å²) in [5.41, 5.74) is 4.17. The number of thioether (sulfide) groups is 1. The van der Waals surface area contributed by atoms with Crippen LogP contribution in [0.1, 0.15) is 22.3 Å². The van der Waals surface area contributed by atoms with Crippen molar-refractivity contribution in [3.8, 4) is 17.2 Å². The second kappa shape index (κ2) is 11.4. The predicted octanol–water partition coefficient (Wildman–Crippen LogP) is 6.17. The van der Waals surface area contributed by atoms with Crippen LogP contribution in [0.3, 0.4) is 0 Å². The number of ether oxygens (including phenoxy) is 3. The molecule has 0 atom stereocenters. The summed E-state index contributed by atoms with van der Waals surface area (Å²) in [5.74, 6) is 1.97. The number of hydrogen-bond donors (Lipinski definition) is 0. The van der Waals surface area contributed by atoms with Gasteiger partial charge in [-0.1, -0.05) is 78.1 Å². The van der Waals surface area contributed by atoms with E-state index in [0.29, 0.717) is 40.5 Å². The maximum absolute atomic E-state index is 13.0. The van der Waals surface area contributed by atoms with E-state index in [-0.39, 0.29) is 5.91 Å². The van der Waals surface area contributed by atoms with Crippen molar-refractivity contribution in [2.75, 3.05) is 20.3 Å². The standard InChI is InChI=1S/C28H27NO4S2/c1-19-9-11-23(20(2)15-19)32-13-14-33-24-12-10-22(16-25(24)31-3)17-26-27(30)29(28(34)35-26)18-21-7-5-4-6-8-21/h4-12,15-17H,13-14,18H2,1-3H3/b26-17-. The van der Waals surface area contributed by atoms with Gasteiger partial charge < -0.3 is 14.2 Å². The quantitative estimate of drug-likeness (QED) is 0.197. The molecule has 0 N–H and O–H groups in total. The van der Waals surface area contributed by atoms with Crippen LogP contribution in [0.5, 0.6) is 17.2 Å². The number of thiocarbonyl (C=S) groups is 1. The first-order chi connectivity index (χ1) is 16.9. The van der Waals surface area contributed by atoms with Gasteiger partial charge in [-0.2, -0.15) is 0 Å². The van der Waals surface area contributed by atoms with Crippen LogP contribution in [-0.4, -0.2) is 35.5 Å². The summed E-state index contributed by atoms with van der Waals surface area (Å²) in [6.45, 7) is 5.34. The molecule has 3 aromatic carbocycles. The van der Waals surface area contributed by atoms with Crippen molar-refractivity contribution in [1.29, 1.82) is 0 Å². The highest BCUT2D eigenvalue weighted by atomic mass is 32.2. The molecule has 1 heterocycles. The zero-order chi connectivity index (χ0) is 24.8. The van der Waals surface area contributed by atoms with Gasteiger partial charge in [0.1, 0.15) is 23.3 Å². The molecule has 0 aromatic heterocycles. The predicted molar refractivity (Wildman–Crippen MR) is 145 cm³/mol. The van der Waals surface area contributed by atoms with Crippen molar-refractivity contribution in [3.63, 3.8) is 0 Å². The monoisotopic (exact) mass is 505 g/mol. The molecule has 180 valence electrons. The highest BCUT2D eigenvalue weighted by Crippen LogP contribution is 2.35. The molecule has 1 aliphatic rings. The lowest BCUT2D eigenvalue weighted by Gasteiger charge is -2.14. The van der Waals surface area contributed by atoms with Gasteiger partial charge in [-0.3, -0.25) is 9.69 Å². The van der Waals surface area contributed by atoms with E-state index >= 15 is 0 Å². The first-order valence-corrected chi connectivity index (χ1v) is 12.5. The number of nitrogens with zero attached hydrogens (tertiary/aromatic N) is 1. The van der Waals surface area contributed by atoms with E-state index in [2.05, 4.69) is 13.0 Å². The molecular weight excluding hydrogens is 478 g/mol. The first-order valence-electron chi connectivity index (χ1n) is 11.2. The van der Waals surface area contributed by atoms with Crippen molar-refractivity contribution < 1.29 is 19.0 Å². The van der Waals surface area contributed by atoms with Crippen molar-refractivity contribution in [2.24, 2.45) is 0 Å². The van der Waals surface area contributed by atoms with Gasteiger partial charge in [-0.05, 0) is 54.8 Å². The number of carbonyl (C=O) groups is 1. The molecule has 7 heteroatoms. The summed E-state index contributed by atoms with van der Waals surface area (Å²) in [6, 6.07) is 21.5. The second-order valence-corrected chi connectivity index (χ2v) is 9.81. The topological polar surface area (TPSA) is 48.0 Å². The average Bonchev–Trinajstić information content (AvgIpc) is 3.11. The largest absolute Gasteiger partial charge is 0.493 e. The Kier molecular flexibility index (Phi) is 8.10.